The third-order valence-electron chi connectivity index (χ3n) is 4.25. The minimum absolute atomic E-state index is 0.00676. The van der Waals surface area contributed by atoms with Gasteiger partial charge in [-0.2, -0.15) is 0 Å². The van der Waals surface area contributed by atoms with Crippen LogP contribution in [0.15, 0.2) is 18.5 Å². The SMILES string of the molecule is OCC(CO)(Cc1ccncc1Cl)C1CCCC1. The van der Waals surface area contributed by atoms with Crippen LogP contribution in [0, 0.1) is 11.3 Å². The van der Waals surface area contributed by atoms with Crippen LogP contribution in [0.3, 0.4) is 0 Å². The van der Waals surface area contributed by atoms with Crippen molar-refractivity contribution in [3.05, 3.63) is 29.0 Å². The van der Waals surface area contributed by atoms with Gasteiger partial charge in [0.15, 0.2) is 0 Å². The van der Waals surface area contributed by atoms with Crippen LogP contribution in [0.25, 0.3) is 0 Å². The molecule has 0 aliphatic heterocycles. The molecule has 0 amide bonds. The fourth-order valence-corrected chi connectivity index (χ4v) is 3.22. The van der Waals surface area contributed by atoms with Gasteiger partial charge >= 0.3 is 0 Å². The molecule has 2 rings (SSSR count). The Balaban J connectivity index is 2.22. The minimum atomic E-state index is -0.443. The molecule has 3 nitrogen and oxygen atoms in total. The van der Waals surface area contributed by atoms with Gasteiger partial charge in [0.2, 0.25) is 0 Å². The van der Waals surface area contributed by atoms with Gasteiger partial charge in [-0.3, -0.25) is 4.98 Å². The quantitative estimate of drug-likeness (QED) is 0.863. The van der Waals surface area contributed by atoms with Crippen molar-refractivity contribution < 1.29 is 10.2 Å². The van der Waals surface area contributed by atoms with E-state index >= 15 is 0 Å². The first-order valence-electron chi connectivity index (χ1n) is 6.52. The predicted octanol–water partition coefficient (Wildman–Crippen LogP) is 2.44. The van der Waals surface area contributed by atoms with Crippen LogP contribution < -0.4 is 0 Å². The summed E-state index contributed by atoms with van der Waals surface area (Å²) in [6, 6.07) is 1.87. The van der Waals surface area contributed by atoms with Crippen molar-refractivity contribution in [3.63, 3.8) is 0 Å². The van der Waals surface area contributed by atoms with Crippen LogP contribution in [0.5, 0.6) is 0 Å². The Morgan fingerprint density at radius 3 is 2.50 bits per heavy atom. The van der Waals surface area contributed by atoms with Crippen LogP contribution in [-0.4, -0.2) is 28.4 Å². The largest absolute Gasteiger partial charge is 0.396 e. The van der Waals surface area contributed by atoms with Crippen LogP contribution in [0.4, 0.5) is 0 Å². The second kappa shape index (κ2) is 6.00. The lowest BCUT2D eigenvalue weighted by molar-refractivity contribution is 0.00571. The summed E-state index contributed by atoms with van der Waals surface area (Å²) in [6.07, 6.45) is 8.49. The first-order valence-corrected chi connectivity index (χ1v) is 6.90. The Morgan fingerprint density at radius 1 is 1.28 bits per heavy atom. The molecule has 1 aliphatic rings. The molecule has 0 radical (unpaired) electrons. The van der Waals surface area contributed by atoms with Gasteiger partial charge in [-0.15, -0.1) is 0 Å². The second-order valence-electron chi connectivity index (χ2n) is 5.30. The van der Waals surface area contributed by atoms with Gasteiger partial charge < -0.3 is 10.2 Å². The highest BCUT2D eigenvalue weighted by molar-refractivity contribution is 6.31. The first kappa shape index (κ1) is 13.8. The van der Waals surface area contributed by atoms with Gasteiger partial charge in [-0.05, 0) is 36.8 Å². The van der Waals surface area contributed by atoms with Gasteiger partial charge in [0, 0.05) is 17.8 Å². The molecule has 1 aromatic rings. The van der Waals surface area contributed by atoms with E-state index in [1.165, 1.54) is 12.8 Å². The molecule has 1 fully saturated rings. The summed E-state index contributed by atoms with van der Waals surface area (Å²) in [5.74, 6) is 0.386. The monoisotopic (exact) mass is 269 g/mol. The highest BCUT2D eigenvalue weighted by Gasteiger charge is 2.39. The topological polar surface area (TPSA) is 53.4 Å². The lowest BCUT2D eigenvalue weighted by Crippen LogP contribution is -2.39. The van der Waals surface area contributed by atoms with E-state index < -0.39 is 5.41 Å². The Bertz CT molecular complexity index is 387. The zero-order valence-electron chi connectivity index (χ0n) is 10.5. The van der Waals surface area contributed by atoms with E-state index in [2.05, 4.69) is 4.98 Å². The summed E-state index contributed by atoms with van der Waals surface area (Å²) in [5.41, 5.74) is 0.517. The average molecular weight is 270 g/mol. The summed E-state index contributed by atoms with van der Waals surface area (Å²) in [7, 11) is 0. The Kier molecular flexibility index (Phi) is 4.60. The number of aliphatic hydroxyl groups excluding tert-OH is 2. The molecular weight excluding hydrogens is 250 g/mol. The molecule has 0 aromatic carbocycles. The van der Waals surface area contributed by atoms with Crippen molar-refractivity contribution in [1.82, 2.24) is 4.98 Å². The van der Waals surface area contributed by atoms with E-state index in [0.717, 1.165) is 18.4 Å². The molecule has 18 heavy (non-hydrogen) atoms. The van der Waals surface area contributed by atoms with Crippen LogP contribution in [0.1, 0.15) is 31.2 Å². The zero-order valence-corrected chi connectivity index (χ0v) is 11.2. The van der Waals surface area contributed by atoms with E-state index in [1.54, 1.807) is 12.4 Å². The zero-order chi connectivity index (χ0) is 13.0. The number of pyridine rings is 1. The molecule has 0 bridgehead atoms. The van der Waals surface area contributed by atoms with Crippen molar-refractivity contribution in [2.45, 2.75) is 32.1 Å². The van der Waals surface area contributed by atoms with Gasteiger partial charge in [0.25, 0.3) is 0 Å². The maximum absolute atomic E-state index is 9.77. The number of aliphatic hydroxyl groups is 2. The Morgan fingerprint density at radius 2 is 1.94 bits per heavy atom. The van der Waals surface area contributed by atoms with Crippen molar-refractivity contribution in [2.75, 3.05) is 13.2 Å². The Labute approximate surface area is 113 Å². The van der Waals surface area contributed by atoms with Gasteiger partial charge in [0.05, 0.1) is 18.2 Å². The highest BCUT2D eigenvalue weighted by atomic mass is 35.5. The molecule has 1 aliphatic carbocycles. The van der Waals surface area contributed by atoms with Crippen molar-refractivity contribution in [1.29, 1.82) is 0 Å². The lowest BCUT2D eigenvalue weighted by atomic mass is 9.71. The molecule has 0 atom stereocenters. The maximum atomic E-state index is 9.77. The molecule has 4 heteroatoms. The van der Waals surface area contributed by atoms with Crippen LogP contribution >= 0.6 is 11.6 Å². The second-order valence-corrected chi connectivity index (χ2v) is 5.71. The van der Waals surface area contributed by atoms with Crippen molar-refractivity contribution >= 4 is 11.6 Å². The number of aromatic nitrogens is 1. The van der Waals surface area contributed by atoms with E-state index in [0.29, 0.717) is 17.4 Å². The number of hydrogen-bond acceptors (Lipinski definition) is 3. The molecule has 100 valence electrons. The molecule has 1 heterocycles. The third-order valence-corrected chi connectivity index (χ3v) is 4.59. The molecule has 1 saturated carbocycles. The Hall–Kier alpha value is -0.640. The standard InChI is InChI=1S/C14H20ClNO2/c15-13-8-16-6-5-11(13)7-14(9-17,10-18)12-3-1-2-4-12/h5-6,8,12,17-18H,1-4,7,9-10H2. The summed E-state index contributed by atoms with van der Waals surface area (Å²) >= 11 is 6.13. The number of rotatable bonds is 5. The molecule has 1 aromatic heterocycles. The number of nitrogens with zero attached hydrogens (tertiary/aromatic N) is 1. The lowest BCUT2D eigenvalue weighted by Gasteiger charge is -2.36. The fourth-order valence-electron chi connectivity index (χ4n) is 3.03. The molecular formula is C14H20ClNO2. The summed E-state index contributed by atoms with van der Waals surface area (Å²) in [6.45, 7) is 0.0135. The van der Waals surface area contributed by atoms with E-state index in [-0.39, 0.29) is 13.2 Å². The van der Waals surface area contributed by atoms with Crippen molar-refractivity contribution in [3.8, 4) is 0 Å². The average Bonchev–Trinajstić information content (AvgIpc) is 2.93. The predicted molar refractivity (Wildman–Crippen MR) is 71.5 cm³/mol. The maximum Gasteiger partial charge on any atom is 0.0621 e. The van der Waals surface area contributed by atoms with Crippen molar-refractivity contribution in [2.24, 2.45) is 11.3 Å². The van der Waals surface area contributed by atoms with Gasteiger partial charge in [0.1, 0.15) is 0 Å². The molecule has 0 unspecified atom stereocenters. The summed E-state index contributed by atoms with van der Waals surface area (Å²) < 4.78 is 0. The smallest absolute Gasteiger partial charge is 0.0621 e. The van der Waals surface area contributed by atoms with Gasteiger partial charge in [-0.1, -0.05) is 24.4 Å². The highest BCUT2D eigenvalue weighted by Crippen LogP contribution is 2.42. The van der Waals surface area contributed by atoms with E-state index in [1.807, 2.05) is 6.07 Å². The molecule has 0 saturated heterocycles. The van der Waals surface area contributed by atoms with Crippen LogP contribution in [0.2, 0.25) is 5.02 Å². The third kappa shape index (κ3) is 2.68. The van der Waals surface area contributed by atoms with Crippen LogP contribution in [-0.2, 0) is 6.42 Å². The summed E-state index contributed by atoms with van der Waals surface area (Å²) in [5, 5.41) is 20.2. The fraction of sp³-hybridized carbons (Fsp3) is 0.643. The number of halogens is 1. The first-order chi connectivity index (χ1) is 8.72. The normalized spacial score (nSPS) is 17.3. The summed E-state index contributed by atoms with van der Waals surface area (Å²) in [4.78, 5) is 3.97. The van der Waals surface area contributed by atoms with E-state index in [4.69, 9.17) is 11.6 Å². The van der Waals surface area contributed by atoms with E-state index in [9.17, 15) is 10.2 Å². The number of hydrogen-bond donors (Lipinski definition) is 2. The molecule has 2 N–H and O–H groups in total. The molecule has 0 spiro atoms. The van der Waals surface area contributed by atoms with Gasteiger partial charge in [-0.25, -0.2) is 0 Å². The minimum Gasteiger partial charge on any atom is -0.396 e.